The first-order valence-electron chi connectivity index (χ1n) is 6.71. The Hall–Kier alpha value is -2.81. The summed E-state index contributed by atoms with van der Waals surface area (Å²) in [6.07, 6.45) is -0.167. The summed E-state index contributed by atoms with van der Waals surface area (Å²) in [5, 5.41) is 6.63. The molecule has 6 nitrogen and oxygen atoms in total. The van der Waals surface area contributed by atoms with Gasteiger partial charge in [-0.1, -0.05) is 5.16 Å². The van der Waals surface area contributed by atoms with Crippen LogP contribution in [0, 0.1) is 5.82 Å². The lowest BCUT2D eigenvalue weighted by molar-refractivity contribution is -0.115. The zero-order valence-corrected chi connectivity index (χ0v) is 12.8. The molecule has 0 radical (unpaired) electrons. The summed E-state index contributed by atoms with van der Waals surface area (Å²) in [6.45, 7) is 0. The summed E-state index contributed by atoms with van der Waals surface area (Å²) in [6, 6.07) is 8.43. The number of amides is 1. The second-order valence-electron chi connectivity index (χ2n) is 4.96. The van der Waals surface area contributed by atoms with Crippen LogP contribution in [0.1, 0.15) is 5.69 Å². The van der Waals surface area contributed by atoms with Gasteiger partial charge in [-0.2, -0.15) is 8.42 Å². The molecule has 24 heavy (non-hydrogen) atoms. The first kappa shape index (κ1) is 16.1. The molecular formula is C15H10F2N2O4S. The van der Waals surface area contributed by atoms with Crippen molar-refractivity contribution >= 4 is 32.8 Å². The van der Waals surface area contributed by atoms with Crippen LogP contribution < -0.4 is 5.32 Å². The molecule has 0 saturated carbocycles. The van der Waals surface area contributed by atoms with Crippen LogP contribution in [0.25, 0.3) is 11.0 Å². The molecule has 1 N–H and O–H groups in total. The van der Waals surface area contributed by atoms with Gasteiger partial charge in [-0.25, -0.2) is 4.39 Å². The molecule has 1 amide bonds. The molecule has 0 saturated heterocycles. The first-order valence-corrected chi connectivity index (χ1v) is 8.10. The Balaban J connectivity index is 1.74. The van der Waals surface area contributed by atoms with E-state index < -0.39 is 26.8 Å². The average Bonchev–Trinajstić information content (AvgIpc) is 2.89. The number of nitrogens with zero attached hydrogens (tertiary/aromatic N) is 1. The lowest BCUT2D eigenvalue weighted by atomic mass is 10.1. The van der Waals surface area contributed by atoms with Crippen LogP contribution in [0.15, 0.2) is 51.9 Å². The van der Waals surface area contributed by atoms with Crippen LogP contribution in [0.3, 0.4) is 0 Å². The molecule has 0 atom stereocenters. The summed E-state index contributed by atoms with van der Waals surface area (Å²) >= 11 is 0. The monoisotopic (exact) mass is 352 g/mol. The van der Waals surface area contributed by atoms with Gasteiger partial charge in [0.1, 0.15) is 11.5 Å². The number of rotatable bonds is 4. The van der Waals surface area contributed by atoms with Crippen LogP contribution in [0.2, 0.25) is 0 Å². The van der Waals surface area contributed by atoms with E-state index in [1.165, 1.54) is 30.3 Å². The maximum absolute atomic E-state index is 13.3. The fourth-order valence-electron chi connectivity index (χ4n) is 2.15. The number of carbonyl (C=O) groups excluding carboxylic acids is 1. The van der Waals surface area contributed by atoms with Crippen LogP contribution in [0.4, 0.5) is 14.0 Å². The van der Waals surface area contributed by atoms with Crippen molar-refractivity contribution in [3.63, 3.8) is 0 Å². The van der Waals surface area contributed by atoms with Crippen molar-refractivity contribution in [2.75, 3.05) is 5.32 Å². The van der Waals surface area contributed by atoms with Crippen LogP contribution in [0.5, 0.6) is 0 Å². The minimum absolute atomic E-state index is 0.167. The smallest absolute Gasteiger partial charge is 0.332 e. The zero-order chi connectivity index (χ0) is 17.3. The Morgan fingerprint density at radius 1 is 1.17 bits per heavy atom. The standard InChI is InChI=1S/C15H10F2N2O4S/c16-9-1-6-14-12(7-9)13(19-23-14)8-15(20)18-10-2-4-11(5-3-10)24(17,21)22/h1-7H,8H2,(H,18,20). The molecule has 0 fully saturated rings. The third-order valence-electron chi connectivity index (χ3n) is 3.25. The summed E-state index contributed by atoms with van der Waals surface area (Å²) in [7, 11) is -4.79. The van der Waals surface area contributed by atoms with Gasteiger partial charge in [0.05, 0.1) is 11.3 Å². The van der Waals surface area contributed by atoms with Gasteiger partial charge < -0.3 is 9.84 Å². The number of fused-ring (bicyclic) bond motifs is 1. The van der Waals surface area contributed by atoms with E-state index in [4.69, 9.17) is 4.52 Å². The van der Waals surface area contributed by atoms with Gasteiger partial charge in [0.15, 0.2) is 5.58 Å². The van der Waals surface area contributed by atoms with Gasteiger partial charge in [-0.15, -0.1) is 3.89 Å². The molecular weight excluding hydrogens is 342 g/mol. The fourth-order valence-corrected chi connectivity index (χ4v) is 2.61. The van der Waals surface area contributed by atoms with Crippen molar-refractivity contribution in [1.82, 2.24) is 5.16 Å². The highest BCUT2D eigenvalue weighted by Crippen LogP contribution is 2.21. The quantitative estimate of drug-likeness (QED) is 0.729. The topological polar surface area (TPSA) is 89.3 Å². The van der Waals surface area contributed by atoms with E-state index in [0.717, 1.165) is 12.1 Å². The van der Waals surface area contributed by atoms with Crippen molar-refractivity contribution in [1.29, 1.82) is 0 Å². The molecule has 3 rings (SSSR count). The molecule has 124 valence electrons. The molecule has 0 unspecified atom stereocenters. The molecule has 0 bridgehead atoms. The second kappa shape index (κ2) is 6.00. The van der Waals surface area contributed by atoms with Crippen LogP contribution in [-0.2, 0) is 21.4 Å². The Kier molecular flexibility index (Phi) is 4.02. The van der Waals surface area contributed by atoms with E-state index in [1.807, 2.05) is 0 Å². The first-order chi connectivity index (χ1) is 11.3. The number of hydrogen-bond donors (Lipinski definition) is 1. The van der Waals surface area contributed by atoms with Crippen LogP contribution >= 0.6 is 0 Å². The van der Waals surface area contributed by atoms with E-state index >= 15 is 0 Å². The largest absolute Gasteiger partial charge is 0.356 e. The third kappa shape index (κ3) is 3.40. The van der Waals surface area contributed by atoms with E-state index in [-0.39, 0.29) is 17.8 Å². The molecule has 9 heteroatoms. The van der Waals surface area contributed by atoms with Gasteiger partial charge in [-0.3, -0.25) is 4.79 Å². The molecule has 0 aliphatic heterocycles. The molecule has 3 aromatic rings. The lowest BCUT2D eigenvalue weighted by Crippen LogP contribution is -2.14. The third-order valence-corrected chi connectivity index (χ3v) is 4.09. The van der Waals surface area contributed by atoms with Gasteiger partial charge in [0.2, 0.25) is 5.91 Å². The predicted molar refractivity (Wildman–Crippen MR) is 81.0 cm³/mol. The van der Waals surface area contributed by atoms with Crippen LogP contribution in [-0.4, -0.2) is 19.5 Å². The van der Waals surface area contributed by atoms with Crippen molar-refractivity contribution in [3.05, 3.63) is 54.0 Å². The minimum Gasteiger partial charge on any atom is -0.356 e. The van der Waals surface area contributed by atoms with Gasteiger partial charge in [0, 0.05) is 11.1 Å². The molecule has 1 heterocycles. The van der Waals surface area contributed by atoms with E-state index in [2.05, 4.69) is 10.5 Å². The maximum Gasteiger partial charge on any atom is 0.332 e. The highest BCUT2D eigenvalue weighted by molar-refractivity contribution is 7.86. The predicted octanol–water partition coefficient (Wildman–Crippen LogP) is 2.81. The highest BCUT2D eigenvalue weighted by Gasteiger charge is 2.14. The Labute approximate surface area is 135 Å². The van der Waals surface area contributed by atoms with Crippen molar-refractivity contribution < 1.29 is 26.0 Å². The average molecular weight is 352 g/mol. The summed E-state index contributed by atoms with van der Waals surface area (Å²) in [5.74, 6) is -0.944. The maximum atomic E-state index is 13.3. The summed E-state index contributed by atoms with van der Waals surface area (Å²) in [5.41, 5.74) is 0.910. The molecule has 2 aromatic carbocycles. The molecule has 1 aromatic heterocycles. The number of benzene rings is 2. The summed E-state index contributed by atoms with van der Waals surface area (Å²) < 4.78 is 52.5. The van der Waals surface area contributed by atoms with Gasteiger partial charge >= 0.3 is 10.2 Å². The number of carbonyl (C=O) groups is 1. The van der Waals surface area contributed by atoms with E-state index in [9.17, 15) is 21.5 Å². The molecule has 0 spiro atoms. The number of nitrogens with one attached hydrogen (secondary N) is 1. The second-order valence-corrected chi connectivity index (χ2v) is 6.30. The summed E-state index contributed by atoms with van der Waals surface area (Å²) in [4.78, 5) is 11.5. The Morgan fingerprint density at radius 2 is 1.88 bits per heavy atom. The molecule has 0 aliphatic rings. The van der Waals surface area contributed by atoms with Gasteiger partial charge in [0.25, 0.3) is 0 Å². The number of halogens is 2. The fraction of sp³-hybridized carbons (Fsp3) is 0.0667. The Morgan fingerprint density at radius 3 is 2.54 bits per heavy atom. The van der Waals surface area contributed by atoms with E-state index in [0.29, 0.717) is 11.0 Å². The Bertz CT molecular complexity index is 1010. The number of hydrogen-bond acceptors (Lipinski definition) is 5. The van der Waals surface area contributed by atoms with Gasteiger partial charge in [-0.05, 0) is 42.5 Å². The zero-order valence-electron chi connectivity index (χ0n) is 12.0. The van der Waals surface area contributed by atoms with Crippen molar-refractivity contribution in [2.45, 2.75) is 11.3 Å². The number of aromatic nitrogens is 1. The van der Waals surface area contributed by atoms with E-state index in [1.54, 1.807) is 0 Å². The van der Waals surface area contributed by atoms with Crippen molar-refractivity contribution in [2.24, 2.45) is 0 Å². The lowest BCUT2D eigenvalue weighted by Gasteiger charge is -2.04. The normalized spacial score (nSPS) is 11.6. The van der Waals surface area contributed by atoms with Crippen molar-refractivity contribution in [3.8, 4) is 0 Å². The SMILES string of the molecule is O=C(Cc1noc2ccc(F)cc12)Nc1ccc(S(=O)(=O)F)cc1. The number of anilines is 1. The minimum atomic E-state index is -4.79. The molecule has 0 aliphatic carbocycles. The highest BCUT2D eigenvalue weighted by atomic mass is 32.3.